The summed E-state index contributed by atoms with van der Waals surface area (Å²) >= 11 is 0. The van der Waals surface area contributed by atoms with Gasteiger partial charge in [0.15, 0.2) is 5.76 Å². The number of furan rings is 1. The summed E-state index contributed by atoms with van der Waals surface area (Å²) in [6.45, 7) is 9.58. The molecule has 1 aromatic rings. The van der Waals surface area contributed by atoms with E-state index in [1.165, 1.54) is 6.26 Å². The van der Waals surface area contributed by atoms with Gasteiger partial charge in [-0.2, -0.15) is 0 Å². The molecule has 7 nitrogen and oxygen atoms in total. The first-order chi connectivity index (χ1) is 11.6. The van der Waals surface area contributed by atoms with E-state index in [0.29, 0.717) is 6.54 Å². The molecule has 1 unspecified atom stereocenters. The van der Waals surface area contributed by atoms with E-state index in [-0.39, 0.29) is 35.9 Å². The van der Waals surface area contributed by atoms with Crippen LogP contribution >= 0.6 is 12.4 Å². The average molecular weight is 373 g/mol. The first-order valence-electron chi connectivity index (χ1n) is 8.63. The zero-order valence-corrected chi connectivity index (χ0v) is 15.7. The van der Waals surface area contributed by atoms with Crippen molar-refractivity contribution in [2.45, 2.75) is 26.3 Å². The maximum Gasteiger partial charge on any atom is 0.287 e. The molecule has 2 rings (SSSR count). The van der Waals surface area contributed by atoms with Gasteiger partial charge in [-0.05, 0) is 31.0 Å². The molecule has 1 fully saturated rings. The lowest BCUT2D eigenvalue weighted by atomic mass is 10.0. The van der Waals surface area contributed by atoms with E-state index in [1.54, 1.807) is 12.1 Å². The van der Waals surface area contributed by atoms with Gasteiger partial charge in [-0.1, -0.05) is 13.8 Å². The monoisotopic (exact) mass is 372 g/mol. The van der Waals surface area contributed by atoms with Crippen LogP contribution in [0.25, 0.3) is 0 Å². The number of carbonyl (C=O) groups excluding carboxylic acids is 2. The van der Waals surface area contributed by atoms with Crippen LogP contribution in [0.2, 0.25) is 0 Å². The number of hydrogen-bond donors (Lipinski definition) is 3. The van der Waals surface area contributed by atoms with E-state index >= 15 is 0 Å². The van der Waals surface area contributed by atoms with Crippen LogP contribution in [0.3, 0.4) is 0 Å². The summed E-state index contributed by atoms with van der Waals surface area (Å²) in [5.74, 6) is -0.302. The number of nitrogens with one attached hydrogen (secondary N) is 3. The Balaban J connectivity index is 0.00000312. The zero-order valence-electron chi connectivity index (χ0n) is 14.9. The number of amides is 2. The van der Waals surface area contributed by atoms with Crippen LogP contribution in [0.1, 0.15) is 30.8 Å². The third kappa shape index (κ3) is 7.05. The number of nitrogens with zero attached hydrogens (tertiary/aromatic N) is 1. The van der Waals surface area contributed by atoms with Gasteiger partial charge in [0, 0.05) is 32.7 Å². The molecule has 2 amide bonds. The predicted molar refractivity (Wildman–Crippen MR) is 99.0 cm³/mol. The van der Waals surface area contributed by atoms with Gasteiger partial charge in [0.1, 0.15) is 6.04 Å². The number of halogens is 1. The van der Waals surface area contributed by atoms with Crippen molar-refractivity contribution in [3.05, 3.63) is 24.2 Å². The molecule has 3 N–H and O–H groups in total. The van der Waals surface area contributed by atoms with Crippen LogP contribution in [0, 0.1) is 5.92 Å². The van der Waals surface area contributed by atoms with Crippen LogP contribution in [0.5, 0.6) is 0 Å². The highest BCUT2D eigenvalue weighted by Gasteiger charge is 2.25. The fourth-order valence-electron chi connectivity index (χ4n) is 2.71. The smallest absolute Gasteiger partial charge is 0.287 e. The molecule has 2 heterocycles. The first kappa shape index (κ1) is 21.5. The minimum atomic E-state index is -0.568. The van der Waals surface area contributed by atoms with Gasteiger partial charge >= 0.3 is 0 Å². The topological polar surface area (TPSA) is 86.6 Å². The molecular weight excluding hydrogens is 344 g/mol. The molecule has 142 valence electrons. The van der Waals surface area contributed by atoms with Gasteiger partial charge in [0.05, 0.1) is 6.26 Å². The van der Waals surface area contributed by atoms with Crippen LogP contribution in [-0.2, 0) is 4.79 Å². The summed E-state index contributed by atoms with van der Waals surface area (Å²) in [5.41, 5.74) is 0. The standard InChI is InChI=1S/C17H28N4O3.ClH/c1-13(2)15(20-16(22)14-5-3-12-24-14)17(23)19-6-4-9-21-10-7-18-8-11-21;/h3,5,12-13,15,18H,4,6-11H2,1-2H3,(H,19,23)(H,20,22);1H. The van der Waals surface area contributed by atoms with Crippen LogP contribution in [0.4, 0.5) is 0 Å². The Bertz CT molecular complexity index is 516. The summed E-state index contributed by atoms with van der Waals surface area (Å²) in [6.07, 6.45) is 2.35. The van der Waals surface area contributed by atoms with Gasteiger partial charge in [0.25, 0.3) is 5.91 Å². The van der Waals surface area contributed by atoms with Gasteiger partial charge in [-0.15, -0.1) is 12.4 Å². The summed E-state index contributed by atoms with van der Waals surface area (Å²) in [5, 5.41) is 8.99. The number of piperazine rings is 1. The highest BCUT2D eigenvalue weighted by Crippen LogP contribution is 2.06. The van der Waals surface area contributed by atoms with Crippen molar-refractivity contribution >= 4 is 24.2 Å². The molecule has 1 atom stereocenters. The van der Waals surface area contributed by atoms with Gasteiger partial charge in [-0.25, -0.2) is 0 Å². The molecule has 0 bridgehead atoms. The third-order valence-electron chi connectivity index (χ3n) is 4.14. The Morgan fingerprint density at radius 3 is 2.64 bits per heavy atom. The molecule has 0 spiro atoms. The molecule has 1 saturated heterocycles. The summed E-state index contributed by atoms with van der Waals surface area (Å²) in [6, 6.07) is 2.66. The second-order valence-electron chi connectivity index (χ2n) is 6.41. The van der Waals surface area contributed by atoms with Crippen molar-refractivity contribution in [1.82, 2.24) is 20.9 Å². The minimum absolute atomic E-state index is 0. The summed E-state index contributed by atoms with van der Waals surface area (Å²) < 4.78 is 5.07. The molecule has 25 heavy (non-hydrogen) atoms. The van der Waals surface area contributed by atoms with Crippen molar-refractivity contribution in [2.24, 2.45) is 5.92 Å². The van der Waals surface area contributed by atoms with E-state index in [4.69, 9.17) is 4.42 Å². The Hall–Kier alpha value is -1.57. The molecule has 0 saturated carbocycles. The second kappa shape index (κ2) is 11.1. The van der Waals surface area contributed by atoms with E-state index in [0.717, 1.165) is 39.1 Å². The maximum atomic E-state index is 12.4. The first-order valence-corrected chi connectivity index (χ1v) is 8.63. The third-order valence-corrected chi connectivity index (χ3v) is 4.14. The fourth-order valence-corrected chi connectivity index (χ4v) is 2.71. The fraction of sp³-hybridized carbons (Fsp3) is 0.647. The molecule has 8 heteroatoms. The molecule has 1 aromatic heterocycles. The lowest BCUT2D eigenvalue weighted by molar-refractivity contribution is -0.123. The van der Waals surface area contributed by atoms with Crippen molar-refractivity contribution < 1.29 is 14.0 Å². The number of hydrogen-bond acceptors (Lipinski definition) is 5. The average Bonchev–Trinajstić information content (AvgIpc) is 3.11. The SMILES string of the molecule is CC(C)C(NC(=O)c1ccco1)C(=O)NCCCN1CCNCC1.Cl. The summed E-state index contributed by atoms with van der Waals surface area (Å²) in [7, 11) is 0. The molecule has 1 aliphatic rings. The predicted octanol–water partition coefficient (Wildman–Crippen LogP) is 0.867. The highest BCUT2D eigenvalue weighted by molar-refractivity contribution is 5.95. The number of rotatable bonds is 8. The quantitative estimate of drug-likeness (QED) is 0.589. The Morgan fingerprint density at radius 2 is 2.04 bits per heavy atom. The Labute approximate surface area is 155 Å². The van der Waals surface area contributed by atoms with Crippen molar-refractivity contribution in [3.8, 4) is 0 Å². The molecule has 1 aliphatic heterocycles. The normalized spacial score (nSPS) is 16.1. The van der Waals surface area contributed by atoms with Gasteiger partial charge < -0.3 is 25.3 Å². The van der Waals surface area contributed by atoms with E-state index in [9.17, 15) is 9.59 Å². The largest absolute Gasteiger partial charge is 0.459 e. The molecular formula is C17H29ClN4O3. The van der Waals surface area contributed by atoms with E-state index < -0.39 is 6.04 Å². The second-order valence-corrected chi connectivity index (χ2v) is 6.41. The van der Waals surface area contributed by atoms with Crippen molar-refractivity contribution in [2.75, 3.05) is 39.3 Å². The van der Waals surface area contributed by atoms with Gasteiger partial charge in [0.2, 0.25) is 5.91 Å². The number of carbonyl (C=O) groups is 2. The Morgan fingerprint density at radius 1 is 1.32 bits per heavy atom. The lowest BCUT2D eigenvalue weighted by Gasteiger charge is -2.27. The molecule has 0 radical (unpaired) electrons. The van der Waals surface area contributed by atoms with Crippen LogP contribution in [0.15, 0.2) is 22.8 Å². The summed E-state index contributed by atoms with van der Waals surface area (Å²) in [4.78, 5) is 26.8. The minimum Gasteiger partial charge on any atom is -0.459 e. The lowest BCUT2D eigenvalue weighted by Crippen LogP contribution is -2.50. The van der Waals surface area contributed by atoms with Crippen LogP contribution < -0.4 is 16.0 Å². The maximum absolute atomic E-state index is 12.4. The van der Waals surface area contributed by atoms with E-state index in [1.807, 2.05) is 13.8 Å². The highest BCUT2D eigenvalue weighted by atomic mass is 35.5. The molecule has 0 aliphatic carbocycles. The Kier molecular flexibility index (Phi) is 9.55. The van der Waals surface area contributed by atoms with Gasteiger partial charge in [-0.3, -0.25) is 9.59 Å². The zero-order chi connectivity index (χ0) is 17.4. The van der Waals surface area contributed by atoms with Crippen molar-refractivity contribution in [1.29, 1.82) is 0 Å². The molecule has 0 aromatic carbocycles. The van der Waals surface area contributed by atoms with E-state index in [2.05, 4.69) is 20.9 Å². The van der Waals surface area contributed by atoms with Crippen molar-refractivity contribution in [3.63, 3.8) is 0 Å². The van der Waals surface area contributed by atoms with Crippen LogP contribution in [-0.4, -0.2) is 62.0 Å².